The Balaban J connectivity index is 1.69. The predicted octanol–water partition coefficient (Wildman–Crippen LogP) is 2.26. The van der Waals surface area contributed by atoms with E-state index in [4.69, 9.17) is 0 Å². The molecule has 1 aromatic carbocycles. The first kappa shape index (κ1) is 20.8. The summed E-state index contributed by atoms with van der Waals surface area (Å²) >= 11 is 0. The summed E-state index contributed by atoms with van der Waals surface area (Å²) in [6, 6.07) is 8.84. The fourth-order valence-corrected chi connectivity index (χ4v) is 4.40. The molecule has 3 heterocycles. The lowest BCUT2D eigenvalue weighted by Gasteiger charge is -2.36. The van der Waals surface area contributed by atoms with Crippen molar-refractivity contribution in [2.45, 2.75) is 45.1 Å². The molecule has 1 fully saturated rings. The second-order valence-electron chi connectivity index (χ2n) is 8.18. The topological polar surface area (TPSA) is 108 Å². The largest absolute Gasteiger partial charge is 0.508 e. The summed E-state index contributed by atoms with van der Waals surface area (Å²) in [6.45, 7) is 2.37. The number of carbonyl (C=O) groups excluding carboxylic acids is 1. The number of nitrogens with one attached hydrogen (secondary N) is 1. The number of rotatable bonds is 4. The Morgan fingerprint density at radius 1 is 1.26 bits per heavy atom. The number of hydrogen-bond acceptors (Lipinski definition) is 5. The van der Waals surface area contributed by atoms with Crippen molar-refractivity contribution in [3.05, 3.63) is 68.0 Å². The SMILES string of the molecule is Cc1cc(C(=O)N2CCCCC2CCc2cccc(O)c2)c2c(=O)[nH]c(=O)n(C)c2n1. The number of aromatic amines is 1. The highest BCUT2D eigenvalue weighted by molar-refractivity contribution is 6.05. The first-order valence-corrected chi connectivity index (χ1v) is 10.5. The standard InChI is InChI=1S/C23H26N4O4/c1-14-12-18(19-20(24-14)26(2)23(31)25-21(19)29)22(30)27-11-4-3-7-16(27)10-9-15-6-5-8-17(28)13-15/h5-6,8,12-13,16,28H,3-4,7,9-11H2,1-2H3,(H,25,29,31). The quantitative estimate of drug-likeness (QED) is 0.671. The molecular formula is C23H26N4O4. The highest BCUT2D eigenvalue weighted by Gasteiger charge is 2.29. The van der Waals surface area contributed by atoms with Crippen LogP contribution >= 0.6 is 0 Å². The summed E-state index contributed by atoms with van der Waals surface area (Å²) in [7, 11) is 1.53. The number of aromatic nitrogens is 3. The highest BCUT2D eigenvalue weighted by Crippen LogP contribution is 2.26. The van der Waals surface area contributed by atoms with E-state index in [9.17, 15) is 19.5 Å². The molecule has 1 atom stereocenters. The number of carbonyl (C=O) groups is 1. The van der Waals surface area contributed by atoms with E-state index in [1.54, 1.807) is 25.1 Å². The van der Waals surface area contributed by atoms with Gasteiger partial charge in [0.2, 0.25) is 0 Å². The summed E-state index contributed by atoms with van der Waals surface area (Å²) in [5.41, 5.74) is 0.937. The van der Waals surface area contributed by atoms with Crippen LogP contribution in [0, 0.1) is 6.92 Å². The van der Waals surface area contributed by atoms with Crippen LogP contribution in [0.4, 0.5) is 0 Å². The van der Waals surface area contributed by atoms with E-state index in [2.05, 4.69) is 9.97 Å². The van der Waals surface area contributed by atoms with Crippen molar-refractivity contribution in [2.24, 2.45) is 7.05 Å². The van der Waals surface area contributed by atoms with Crippen LogP contribution in [0.3, 0.4) is 0 Å². The molecule has 4 rings (SSSR count). The van der Waals surface area contributed by atoms with Crippen molar-refractivity contribution >= 4 is 16.9 Å². The maximum absolute atomic E-state index is 13.6. The van der Waals surface area contributed by atoms with E-state index < -0.39 is 11.2 Å². The van der Waals surface area contributed by atoms with Crippen LogP contribution < -0.4 is 11.2 Å². The van der Waals surface area contributed by atoms with Crippen molar-refractivity contribution in [2.75, 3.05) is 6.54 Å². The Hall–Kier alpha value is -3.42. The van der Waals surface area contributed by atoms with Crippen molar-refractivity contribution in [1.82, 2.24) is 19.4 Å². The number of H-pyrrole nitrogens is 1. The van der Waals surface area contributed by atoms with E-state index >= 15 is 0 Å². The number of nitrogens with zero attached hydrogens (tertiary/aromatic N) is 3. The van der Waals surface area contributed by atoms with Gasteiger partial charge in [0.1, 0.15) is 11.4 Å². The summed E-state index contributed by atoms with van der Waals surface area (Å²) in [6.07, 6.45) is 4.35. The molecule has 162 valence electrons. The first-order valence-electron chi connectivity index (χ1n) is 10.5. The number of hydrogen-bond donors (Lipinski definition) is 2. The monoisotopic (exact) mass is 422 g/mol. The fourth-order valence-electron chi connectivity index (χ4n) is 4.40. The predicted molar refractivity (Wildman–Crippen MR) is 117 cm³/mol. The van der Waals surface area contributed by atoms with Gasteiger partial charge >= 0.3 is 5.69 Å². The second-order valence-corrected chi connectivity index (χ2v) is 8.18. The lowest BCUT2D eigenvalue weighted by molar-refractivity contribution is 0.0603. The van der Waals surface area contributed by atoms with Gasteiger partial charge in [0.15, 0.2) is 0 Å². The van der Waals surface area contributed by atoms with Gasteiger partial charge in [0, 0.05) is 25.3 Å². The van der Waals surface area contributed by atoms with Gasteiger partial charge in [0.25, 0.3) is 11.5 Å². The Morgan fingerprint density at radius 3 is 2.84 bits per heavy atom. The van der Waals surface area contributed by atoms with Crippen LogP contribution in [-0.2, 0) is 13.5 Å². The zero-order valence-corrected chi connectivity index (χ0v) is 17.7. The third-order valence-corrected chi connectivity index (χ3v) is 5.99. The molecule has 1 unspecified atom stereocenters. The molecule has 31 heavy (non-hydrogen) atoms. The minimum Gasteiger partial charge on any atom is -0.508 e. The zero-order chi connectivity index (χ0) is 22.1. The number of phenolic OH excluding ortho intramolecular Hbond substituents is 1. The van der Waals surface area contributed by atoms with E-state index in [1.165, 1.54) is 11.6 Å². The molecule has 1 aliphatic rings. The number of phenols is 1. The molecule has 0 saturated carbocycles. The lowest BCUT2D eigenvalue weighted by atomic mass is 9.94. The molecule has 1 aliphatic heterocycles. The van der Waals surface area contributed by atoms with Crippen LogP contribution in [0.5, 0.6) is 5.75 Å². The summed E-state index contributed by atoms with van der Waals surface area (Å²) in [5, 5.41) is 9.85. The van der Waals surface area contributed by atoms with E-state index in [-0.39, 0.29) is 34.3 Å². The minimum absolute atomic E-state index is 0.0405. The molecule has 8 heteroatoms. The van der Waals surface area contributed by atoms with Gasteiger partial charge < -0.3 is 10.0 Å². The number of amides is 1. The highest BCUT2D eigenvalue weighted by atomic mass is 16.3. The summed E-state index contributed by atoms with van der Waals surface area (Å²) in [4.78, 5) is 46.7. The van der Waals surface area contributed by atoms with Crippen LogP contribution in [0.15, 0.2) is 39.9 Å². The minimum atomic E-state index is -0.595. The lowest BCUT2D eigenvalue weighted by Crippen LogP contribution is -2.44. The fraction of sp³-hybridized carbons (Fsp3) is 0.391. The molecule has 0 aliphatic carbocycles. The Labute approximate surface area is 179 Å². The number of aryl methyl sites for hydroxylation is 3. The Bertz CT molecular complexity index is 1260. The maximum atomic E-state index is 13.6. The maximum Gasteiger partial charge on any atom is 0.329 e. The number of likely N-dealkylation sites (tertiary alicyclic amines) is 1. The van der Waals surface area contributed by atoms with Gasteiger partial charge in [0.05, 0.1) is 10.9 Å². The third kappa shape index (κ3) is 4.10. The molecule has 2 N–H and O–H groups in total. The zero-order valence-electron chi connectivity index (χ0n) is 17.7. The molecule has 1 saturated heterocycles. The Morgan fingerprint density at radius 2 is 2.06 bits per heavy atom. The van der Waals surface area contributed by atoms with Gasteiger partial charge in [-0.25, -0.2) is 9.78 Å². The van der Waals surface area contributed by atoms with Crippen molar-refractivity contribution in [3.8, 4) is 5.75 Å². The first-order chi connectivity index (χ1) is 14.8. The van der Waals surface area contributed by atoms with E-state index in [1.807, 2.05) is 17.0 Å². The molecule has 0 bridgehead atoms. The number of aromatic hydroxyl groups is 1. The molecule has 3 aromatic rings. The summed E-state index contributed by atoms with van der Waals surface area (Å²) < 4.78 is 1.26. The third-order valence-electron chi connectivity index (χ3n) is 5.99. The molecule has 0 spiro atoms. The molecule has 8 nitrogen and oxygen atoms in total. The number of piperidine rings is 1. The molecular weight excluding hydrogens is 396 g/mol. The molecule has 2 aromatic heterocycles. The molecule has 1 amide bonds. The van der Waals surface area contributed by atoms with Crippen LogP contribution in [0.1, 0.15) is 47.3 Å². The summed E-state index contributed by atoms with van der Waals surface area (Å²) in [5.74, 6) is 0.0258. The normalized spacial score (nSPS) is 16.6. The Kier molecular flexibility index (Phi) is 5.63. The van der Waals surface area contributed by atoms with Crippen molar-refractivity contribution in [1.29, 1.82) is 0 Å². The average molecular weight is 422 g/mol. The van der Waals surface area contributed by atoms with Crippen LogP contribution in [0.25, 0.3) is 11.0 Å². The van der Waals surface area contributed by atoms with Gasteiger partial charge in [-0.15, -0.1) is 0 Å². The number of pyridine rings is 1. The van der Waals surface area contributed by atoms with Gasteiger partial charge in [-0.05, 0) is 62.8 Å². The van der Waals surface area contributed by atoms with Crippen molar-refractivity contribution in [3.63, 3.8) is 0 Å². The average Bonchev–Trinajstić information content (AvgIpc) is 2.75. The van der Waals surface area contributed by atoms with Gasteiger partial charge in [-0.1, -0.05) is 12.1 Å². The number of benzene rings is 1. The second kappa shape index (κ2) is 8.37. The van der Waals surface area contributed by atoms with E-state index in [0.717, 1.165) is 37.7 Å². The van der Waals surface area contributed by atoms with Gasteiger partial charge in [-0.2, -0.15) is 0 Å². The van der Waals surface area contributed by atoms with Crippen molar-refractivity contribution < 1.29 is 9.90 Å². The van der Waals surface area contributed by atoms with E-state index in [0.29, 0.717) is 12.2 Å². The number of fused-ring (bicyclic) bond motifs is 1. The van der Waals surface area contributed by atoms with Crippen LogP contribution in [-0.4, -0.2) is 43.0 Å². The molecule has 0 radical (unpaired) electrons. The van der Waals surface area contributed by atoms with Crippen LogP contribution in [0.2, 0.25) is 0 Å². The smallest absolute Gasteiger partial charge is 0.329 e. The van der Waals surface area contributed by atoms with Gasteiger partial charge in [-0.3, -0.25) is 19.1 Å².